The first-order chi connectivity index (χ1) is 12.2. The molecule has 0 saturated carbocycles. The molecule has 0 aromatic heterocycles. The number of benzene rings is 1. The quantitative estimate of drug-likeness (QED) is 0.464. The summed E-state index contributed by atoms with van der Waals surface area (Å²) in [4.78, 5) is 24.1. The number of anilines is 1. The molecule has 1 aromatic carbocycles. The third-order valence-corrected chi connectivity index (χ3v) is 3.84. The van der Waals surface area contributed by atoms with Gasteiger partial charge in [0, 0.05) is 23.2 Å². The standard InChI is InChI=1S/C20H31N3O2S/c1-5-6-7-8-9-13-17(24)22-19(26)21-16-12-10-11-15(14-16)18(25)23-20(2,3)4/h10-12,14H,5-9,13H2,1-4H3,(H,23,25)(H2,21,22,24,26). The molecule has 0 atom stereocenters. The van der Waals surface area contributed by atoms with E-state index in [0.29, 0.717) is 17.7 Å². The molecule has 0 bridgehead atoms. The number of carbonyl (C=O) groups excluding carboxylic acids is 2. The normalized spacial score (nSPS) is 10.9. The van der Waals surface area contributed by atoms with Crippen molar-refractivity contribution in [2.24, 2.45) is 0 Å². The van der Waals surface area contributed by atoms with E-state index in [9.17, 15) is 9.59 Å². The Kier molecular flexibility index (Phi) is 9.27. The highest BCUT2D eigenvalue weighted by molar-refractivity contribution is 7.80. The van der Waals surface area contributed by atoms with Gasteiger partial charge >= 0.3 is 0 Å². The van der Waals surface area contributed by atoms with Crippen LogP contribution in [0.25, 0.3) is 0 Å². The van der Waals surface area contributed by atoms with Crippen LogP contribution in [0.3, 0.4) is 0 Å². The third-order valence-electron chi connectivity index (χ3n) is 3.63. The van der Waals surface area contributed by atoms with Gasteiger partial charge in [0.2, 0.25) is 5.91 Å². The van der Waals surface area contributed by atoms with Gasteiger partial charge in [0.15, 0.2) is 5.11 Å². The van der Waals surface area contributed by atoms with Crippen molar-refractivity contribution in [2.75, 3.05) is 5.32 Å². The van der Waals surface area contributed by atoms with Crippen LogP contribution in [-0.2, 0) is 4.79 Å². The molecule has 1 rings (SSSR count). The Morgan fingerprint density at radius 3 is 2.42 bits per heavy atom. The van der Waals surface area contributed by atoms with Crippen molar-refractivity contribution < 1.29 is 9.59 Å². The number of hydrogen-bond acceptors (Lipinski definition) is 3. The minimum atomic E-state index is -0.305. The van der Waals surface area contributed by atoms with E-state index in [1.54, 1.807) is 24.3 Å². The second-order valence-corrected chi connectivity index (χ2v) is 7.86. The highest BCUT2D eigenvalue weighted by Crippen LogP contribution is 2.12. The monoisotopic (exact) mass is 377 g/mol. The molecule has 144 valence electrons. The van der Waals surface area contributed by atoms with Crippen molar-refractivity contribution in [3.05, 3.63) is 29.8 Å². The van der Waals surface area contributed by atoms with Gasteiger partial charge in [-0.3, -0.25) is 9.59 Å². The Morgan fingerprint density at radius 1 is 1.08 bits per heavy atom. The zero-order valence-electron chi connectivity index (χ0n) is 16.3. The summed E-state index contributed by atoms with van der Waals surface area (Å²) in [5.74, 6) is -0.233. The molecule has 0 spiro atoms. The Bertz CT molecular complexity index is 624. The number of hydrogen-bond donors (Lipinski definition) is 3. The number of rotatable bonds is 8. The lowest BCUT2D eigenvalue weighted by molar-refractivity contribution is -0.119. The van der Waals surface area contributed by atoms with Gasteiger partial charge in [-0.2, -0.15) is 0 Å². The van der Waals surface area contributed by atoms with E-state index in [4.69, 9.17) is 12.2 Å². The average Bonchev–Trinajstić information content (AvgIpc) is 2.53. The largest absolute Gasteiger partial charge is 0.347 e. The number of unbranched alkanes of at least 4 members (excludes halogenated alkanes) is 4. The number of carbonyl (C=O) groups is 2. The highest BCUT2D eigenvalue weighted by Gasteiger charge is 2.15. The average molecular weight is 378 g/mol. The van der Waals surface area contributed by atoms with Crippen molar-refractivity contribution in [2.45, 2.75) is 71.8 Å². The van der Waals surface area contributed by atoms with Gasteiger partial charge in [-0.15, -0.1) is 0 Å². The first-order valence-corrected chi connectivity index (χ1v) is 9.65. The lowest BCUT2D eigenvalue weighted by Crippen LogP contribution is -2.40. The van der Waals surface area contributed by atoms with Crippen molar-refractivity contribution >= 4 is 34.8 Å². The van der Waals surface area contributed by atoms with Gasteiger partial charge in [0.1, 0.15) is 0 Å². The topological polar surface area (TPSA) is 70.2 Å². The molecule has 1 aromatic rings. The minimum Gasteiger partial charge on any atom is -0.347 e. The summed E-state index contributed by atoms with van der Waals surface area (Å²) in [5, 5.41) is 8.81. The smallest absolute Gasteiger partial charge is 0.251 e. The summed E-state index contributed by atoms with van der Waals surface area (Å²) in [5.41, 5.74) is 0.899. The molecule has 26 heavy (non-hydrogen) atoms. The number of amides is 2. The van der Waals surface area contributed by atoms with Gasteiger partial charge in [-0.05, 0) is 57.6 Å². The van der Waals surface area contributed by atoms with Gasteiger partial charge in [-0.1, -0.05) is 38.7 Å². The summed E-state index contributed by atoms with van der Waals surface area (Å²) in [6.45, 7) is 7.96. The number of thiocarbonyl (C=S) groups is 1. The van der Waals surface area contributed by atoms with E-state index in [0.717, 1.165) is 19.3 Å². The fraction of sp³-hybridized carbons (Fsp3) is 0.550. The maximum atomic E-state index is 12.2. The molecule has 0 aliphatic heterocycles. The highest BCUT2D eigenvalue weighted by atomic mass is 32.1. The van der Waals surface area contributed by atoms with Gasteiger partial charge in [-0.25, -0.2) is 0 Å². The molecule has 5 nitrogen and oxygen atoms in total. The summed E-state index contributed by atoms with van der Waals surface area (Å²) in [6, 6.07) is 7.03. The molecule has 0 fully saturated rings. The molecule has 3 N–H and O–H groups in total. The molecule has 0 unspecified atom stereocenters. The van der Waals surface area contributed by atoms with Crippen LogP contribution >= 0.6 is 12.2 Å². The van der Waals surface area contributed by atoms with Gasteiger partial charge < -0.3 is 16.0 Å². The second kappa shape index (κ2) is 10.9. The van der Waals surface area contributed by atoms with Gasteiger partial charge in [0.25, 0.3) is 5.91 Å². The fourth-order valence-electron chi connectivity index (χ4n) is 2.39. The molecule has 0 heterocycles. The Balaban J connectivity index is 2.48. The van der Waals surface area contributed by atoms with Crippen molar-refractivity contribution in [3.63, 3.8) is 0 Å². The van der Waals surface area contributed by atoms with Crippen molar-refractivity contribution in [3.8, 4) is 0 Å². The van der Waals surface area contributed by atoms with E-state index in [1.807, 2.05) is 20.8 Å². The van der Waals surface area contributed by atoms with E-state index in [2.05, 4.69) is 22.9 Å². The second-order valence-electron chi connectivity index (χ2n) is 7.45. The van der Waals surface area contributed by atoms with Crippen LogP contribution < -0.4 is 16.0 Å². The Hall–Kier alpha value is -1.95. The van der Waals surface area contributed by atoms with Crippen LogP contribution in [0.5, 0.6) is 0 Å². The Labute approximate surface area is 162 Å². The van der Waals surface area contributed by atoms with Gasteiger partial charge in [0.05, 0.1) is 0 Å². The van der Waals surface area contributed by atoms with Crippen LogP contribution in [0.4, 0.5) is 5.69 Å². The summed E-state index contributed by atoms with van der Waals surface area (Å²) in [7, 11) is 0. The predicted molar refractivity (Wildman–Crippen MR) is 111 cm³/mol. The van der Waals surface area contributed by atoms with Crippen LogP contribution in [0.2, 0.25) is 0 Å². The van der Waals surface area contributed by atoms with Crippen molar-refractivity contribution in [1.82, 2.24) is 10.6 Å². The first kappa shape index (κ1) is 22.1. The zero-order valence-corrected chi connectivity index (χ0v) is 17.1. The Morgan fingerprint density at radius 2 is 1.77 bits per heavy atom. The third kappa shape index (κ3) is 9.51. The van der Waals surface area contributed by atoms with Crippen LogP contribution in [0, 0.1) is 0 Å². The molecular formula is C20H31N3O2S. The molecule has 6 heteroatoms. The molecule has 0 aliphatic rings. The first-order valence-electron chi connectivity index (χ1n) is 9.24. The molecular weight excluding hydrogens is 346 g/mol. The maximum absolute atomic E-state index is 12.2. The lowest BCUT2D eigenvalue weighted by Gasteiger charge is -2.20. The maximum Gasteiger partial charge on any atom is 0.251 e. The SMILES string of the molecule is CCCCCCCC(=O)NC(=S)Nc1cccc(C(=O)NC(C)(C)C)c1. The lowest BCUT2D eigenvalue weighted by atomic mass is 10.1. The molecule has 2 amide bonds. The predicted octanol–water partition coefficient (Wildman–Crippen LogP) is 4.39. The molecule has 0 aliphatic carbocycles. The van der Waals surface area contributed by atoms with E-state index < -0.39 is 0 Å². The molecule has 0 saturated heterocycles. The van der Waals surface area contributed by atoms with Crippen LogP contribution in [-0.4, -0.2) is 22.5 Å². The summed E-state index contributed by atoms with van der Waals surface area (Å²) in [6.07, 6.45) is 5.96. The van der Waals surface area contributed by atoms with E-state index in [1.165, 1.54) is 12.8 Å². The number of nitrogens with one attached hydrogen (secondary N) is 3. The van der Waals surface area contributed by atoms with Crippen LogP contribution in [0.1, 0.15) is 76.6 Å². The fourth-order valence-corrected chi connectivity index (χ4v) is 2.62. The molecule has 0 radical (unpaired) electrons. The van der Waals surface area contributed by atoms with E-state index in [-0.39, 0.29) is 22.5 Å². The minimum absolute atomic E-state index is 0.0828. The zero-order chi connectivity index (χ0) is 19.6. The summed E-state index contributed by atoms with van der Waals surface area (Å²) < 4.78 is 0. The van der Waals surface area contributed by atoms with Crippen molar-refractivity contribution in [1.29, 1.82) is 0 Å². The summed E-state index contributed by atoms with van der Waals surface area (Å²) >= 11 is 5.19. The van der Waals surface area contributed by atoms with E-state index >= 15 is 0 Å². The van der Waals surface area contributed by atoms with Crippen LogP contribution in [0.15, 0.2) is 24.3 Å².